The zero-order valence-corrected chi connectivity index (χ0v) is 12.7. The monoisotopic (exact) mass is 323 g/mol. The highest BCUT2D eigenvalue weighted by Crippen LogP contribution is 2.34. The lowest BCUT2D eigenvalue weighted by Gasteiger charge is -2.37. The van der Waals surface area contributed by atoms with E-state index in [0.29, 0.717) is 18.5 Å². The summed E-state index contributed by atoms with van der Waals surface area (Å²) in [6, 6.07) is 6.47. The Labute approximate surface area is 128 Å². The molecule has 3 N–H and O–H groups in total. The van der Waals surface area contributed by atoms with Gasteiger partial charge in [0.25, 0.3) is 5.91 Å². The van der Waals surface area contributed by atoms with Crippen LogP contribution in [0.4, 0.5) is 5.69 Å². The average molecular weight is 323 g/mol. The fourth-order valence-corrected chi connectivity index (χ4v) is 4.36. The minimum atomic E-state index is -3.21. The molecule has 2 amide bonds. The molecule has 1 aromatic rings. The lowest BCUT2D eigenvalue weighted by Crippen LogP contribution is -2.55. The van der Waals surface area contributed by atoms with E-state index in [4.69, 9.17) is 5.73 Å². The van der Waals surface area contributed by atoms with Gasteiger partial charge in [0.15, 0.2) is 0 Å². The summed E-state index contributed by atoms with van der Waals surface area (Å²) in [6.07, 6.45) is 1.42. The van der Waals surface area contributed by atoms with E-state index in [2.05, 4.69) is 5.32 Å². The van der Waals surface area contributed by atoms with Gasteiger partial charge in [0.05, 0.1) is 22.4 Å². The van der Waals surface area contributed by atoms with Crippen molar-refractivity contribution < 1.29 is 18.0 Å². The summed E-state index contributed by atoms with van der Waals surface area (Å²) in [7, 11) is -3.21. The molecule has 0 aromatic heterocycles. The Hall–Kier alpha value is -1.93. The van der Waals surface area contributed by atoms with Crippen molar-refractivity contribution in [3.63, 3.8) is 0 Å². The summed E-state index contributed by atoms with van der Waals surface area (Å²) in [4.78, 5) is 23.4. The van der Waals surface area contributed by atoms with E-state index in [-0.39, 0.29) is 29.8 Å². The number of nitrogens with one attached hydrogen (secondary N) is 1. The SMILES string of the molecule is NC(=O)c1ccccc1NC(=O)C1CN(S(=O)(=O)C2CC2)C1. The third kappa shape index (κ3) is 2.71. The van der Waals surface area contributed by atoms with Crippen LogP contribution in [0, 0.1) is 5.92 Å². The van der Waals surface area contributed by atoms with E-state index in [9.17, 15) is 18.0 Å². The number of sulfonamides is 1. The minimum absolute atomic E-state index is 0.198. The van der Waals surface area contributed by atoms with Crippen molar-refractivity contribution in [2.45, 2.75) is 18.1 Å². The van der Waals surface area contributed by atoms with Gasteiger partial charge in [0, 0.05) is 13.1 Å². The van der Waals surface area contributed by atoms with Crippen LogP contribution >= 0.6 is 0 Å². The first kappa shape index (κ1) is 15.0. The van der Waals surface area contributed by atoms with Crippen molar-refractivity contribution in [2.24, 2.45) is 11.7 Å². The lowest BCUT2D eigenvalue weighted by molar-refractivity contribution is -0.122. The predicted octanol–water partition coefficient (Wildman–Crippen LogP) is 0.148. The minimum Gasteiger partial charge on any atom is -0.366 e. The van der Waals surface area contributed by atoms with Gasteiger partial charge in [-0.2, -0.15) is 4.31 Å². The van der Waals surface area contributed by atoms with Gasteiger partial charge in [-0.05, 0) is 25.0 Å². The number of hydrogen-bond acceptors (Lipinski definition) is 4. The van der Waals surface area contributed by atoms with E-state index >= 15 is 0 Å². The third-order valence-electron chi connectivity index (χ3n) is 3.97. The Balaban J connectivity index is 1.62. The number of anilines is 1. The second-order valence-electron chi connectivity index (χ2n) is 5.66. The van der Waals surface area contributed by atoms with Crippen molar-refractivity contribution in [3.05, 3.63) is 29.8 Å². The molecular weight excluding hydrogens is 306 g/mol. The summed E-state index contributed by atoms with van der Waals surface area (Å²) >= 11 is 0. The number of nitrogens with zero attached hydrogens (tertiary/aromatic N) is 1. The van der Waals surface area contributed by atoms with Gasteiger partial charge in [-0.3, -0.25) is 9.59 Å². The molecule has 1 saturated carbocycles. The number of amides is 2. The molecule has 118 valence electrons. The van der Waals surface area contributed by atoms with Gasteiger partial charge in [-0.25, -0.2) is 8.42 Å². The summed E-state index contributed by atoms with van der Waals surface area (Å²) in [5.41, 5.74) is 5.84. The van der Waals surface area contributed by atoms with Gasteiger partial charge in [-0.15, -0.1) is 0 Å². The number of benzene rings is 1. The molecule has 2 aliphatic rings. The van der Waals surface area contributed by atoms with Crippen LogP contribution in [0.1, 0.15) is 23.2 Å². The molecule has 0 radical (unpaired) electrons. The highest BCUT2D eigenvalue weighted by atomic mass is 32.2. The summed E-state index contributed by atoms with van der Waals surface area (Å²) in [5, 5.41) is 2.39. The summed E-state index contributed by atoms with van der Waals surface area (Å²) < 4.78 is 25.3. The molecule has 0 bridgehead atoms. The first-order valence-electron chi connectivity index (χ1n) is 7.08. The van der Waals surface area contributed by atoms with Crippen LogP contribution in [-0.2, 0) is 14.8 Å². The molecule has 8 heteroatoms. The van der Waals surface area contributed by atoms with Crippen molar-refractivity contribution >= 4 is 27.5 Å². The van der Waals surface area contributed by atoms with Crippen molar-refractivity contribution in [2.75, 3.05) is 18.4 Å². The van der Waals surface area contributed by atoms with Crippen molar-refractivity contribution in [1.29, 1.82) is 0 Å². The molecule has 1 aliphatic heterocycles. The van der Waals surface area contributed by atoms with Gasteiger partial charge in [-0.1, -0.05) is 12.1 Å². The van der Waals surface area contributed by atoms with E-state index < -0.39 is 21.8 Å². The van der Waals surface area contributed by atoms with Crippen LogP contribution in [-0.4, -0.2) is 42.9 Å². The molecule has 7 nitrogen and oxygen atoms in total. The maximum atomic E-state index is 12.1. The highest BCUT2D eigenvalue weighted by Gasteiger charge is 2.46. The third-order valence-corrected chi connectivity index (χ3v) is 6.31. The largest absolute Gasteiger partial charge is 0.366 e. The fraction of sp³-hybridized carbons (Fsp3) is 0.429. The zero-order chi connectivity index (χ0) is 15.9. The number of para-hydroxylation sites is 1. The number of carbonyl (C=O) groups excluding carboxylic acids is 2. The average Bonchev–Trinajstić information content (AvgIpc) is 3.21. The molecule has 22 heavy (non-hydrogen) atoms. The van der Waals surface area contributed by atoms with Gasteiger partial charge in [0.2, 0.25) is 15.9 Å². The molecular formula is C14H17N3O4S. The Morgan fingerprint density at radius 3 is 2.41 bits per heavy atom. The quantitative estimate of drug-likeness (QED) is 0.803. The number of rotatable bonds is 5. The van der Waals surface area contributed by atoms with Crippen LogP contribution in [0.5, 0.6) is 0 Å². The maximum absolute atomic E-state index is 12.1. The molecule has 2 fully saturated rings. The molecule has 3 rings (SSSR count). The second kappa shape index (κ2) is 5.36. The van der Waals surface area contributed by atoms with E-state index in [0.717, 1.165) is 0 Å². The molecule has 0 unspecified atom stereocenters. The standard InChI is InChI=1S/C14H17N3O4S/c15-13(18)11-3-1-2-4-12(11)16-14(19)9-7-17(8-9)22(20,21)10-5-6-10/h1-4,9-10H,5-8H2,(H2,15,18)(H,16,19). The van der Waals surface area contributed by atoms with Crippen LogP contribution in [0.25, 0.3) is 0 Å². The van der Waals surface area contributed by atoms with E-state index in [1.165, 1.54) is 10.4 Å². The topological polar surface area (TPSA) is 110 Å². The first-order chi connectivity index (χ1) is 10.4. The molecule has 1 aromatic carbocycles. The smallest absolute Gasteiger partial charge is 0.250 e. The van der Waals surface area contributed by atoms with Crippen LogP contribution < -0.4 is 11.1 Å². The Morgan fingerprint density at radius 2 is 1.82 bits per heavy atom. The van der Waals surface area contributed by atoms with Crippen LogP contribution in [0.2, 0.25) is 0 Å². The number of hydrogen-bond donors (Lipinski definition) is 2. The maximum Gasteiger partial charge on any atom is 0.250 e. The van der Waals surface area contributed by atoms with Crippen molar-refractivity contribution in [1.82, 2.24) is 4.31 Å². The first-order valence-corrected chi connectivity index (χ1v) is 8.58. The predicted molar refractivity (Wildman–Crippen MR) is 80.6 cm³/mol. The van der Waals surface area contributed by atoms with E-state index in [1.54, 1.807) is 18.2 Å². The number of nitrogens with two attached hydrogens (primary N) is 1. The van der Waals surface area contributed by atoms with Gasteiger partial charge in [0.1, 0.15) is 0 Å². The molecule has 1 saturated heterocycles. The molecule has 1 heterocycles. The number of primary amides is 1. The van der Waals surface area contributed by atoms with Crippen molar-refractivity contribution in [3.8, 4) is 0 Å². The van der Waals surface area contributed by atoms with Crippen LogP contribution in [0.15, 0.2) is 24.3 Å². The molecule has 1 aliphatic carbocycles. The van der Waals surface area contributed by atoms with Crippen LogP contribution in [0.3, 0.4) is 0 Å². The molecule has 0 spiro atoms. The Bertz CT molecular complexity index is 721. The number of carbonyl (C=O) groups is 2. The highest BCUT2D eigenvalue weighted by molar-refractivity contribution is 7.90. The summed E-state index contributed by atoms with van der Waals surface area (Å²) in [5.74, 6) is -1.31. The second-order valence-corrected chi connectivity index (χ2v) is 7.87. The van der Waals surface area contributed by atoms with Gasteiger partial charge < -0.3 is 11.1 Å². The van der Waals surface area contributed by atoms with E-state index in [1.807, 2.05) is 0 Å². The lowest BCUT2D eigenvalue weighted by atomic mass is 10.0. The summed E-state index contributed by atoms with van der Waals surface area (Å²) in [6.45, 7) is 0.396. The zero-order valence-electron chi connectivity index (χ0n) is 11.9. The normalized spacial score (nSPS) is 19.5. The Morgan fingerprint density at radius 1 is 1.18 bits per heavy atom. The Kier molecular flexibility index (Phi) is 3.65. The fourth-order valence-electron chi connectivity index (χ4n) is 2.43. The molecule has 0 atom stereocenters. The van der Waals surface area contributed by atoms with Gasteiger partial charge >= 0.3 is 0 Å².